The molecule has 1 rings (SSSR count). The number of azide groups is 1. The Bertz CT molecular complexity index is 500. The van der Waals surface area contributed by atoms with Gasteiger partial charge in [-0.15, -0.1) is 11.3 Å². The zero-order valence-electron chi connectivity index (χ0n) is 11.4. The van der Waals surface area contributed by atoms with Crippen LogP contribution in [-0.2, 0) is 11.2 Å². The molecule has 0 unspecified atom stereocenters. The summed E-state index contributed by atoms with van der Waals surface area (Å²) in [5.74, 6) is 0. The Labute approximate surface area is 115 Å². The van der Waals surface area contributed by atoms with Gasteiger partial charge in [0, 0.05) is 16.3 Å². The summed E-state index contributed by atoms with van der Waals surface area (Å²) < 4.78 is 5.14. The molecular weight excluding hydrogens is 266 g/mol. The van der Waals surface area contributed by atoms with Crippen molar-refractivity contribution in [3.63, 3.8) is 0 Å². The van der Waals surface area contributed by atoms with E-state index >= 15 is 0 Å². The molecule has 7 nitrogen and oxygen atoms in total. The van der Waals surface area contributed by atoms with Gasteiger partial charge < -0.3 is 4.74 Å². The smallest absolute Gasteiger partial charge is 0.413 e. The molecule has 0 aliphatic heterocycles. The number of hydrogen-bond donors (Lipinski definition) is 1. The number of ether oxygens (including phenoxy) is 1. The number of rotatable bonds is 4. The van der Waals surface area contributed by atoms with Gasteiger partial charge in [0.15, 0.2) is 5.13 Å². The van der Waals surface area contributed by atoms with Crippen LogP contribution in [0.25, 0.3) is 10.4 Å². The summed E-state index contributed by atoms with van der Waals surface area (Å²) in [5.41, 5.74) is 8.50. The fourth-order valence-electron chi connectivity index (χ4n) is 1.30. The van der Waals surface area contributed by atoms with Gasteiger partial charge in [-0.2, -0.15) is 0 Å². The second-order valence-electron chi connectivity index (χ2n) is 4.86. The van der Waals surface area contributed by atoms with E-state index in [0.29, 0.717) is 18.1 Å². The van der Waals surface area contributed by atoms with Crippen LogP contribution in [0.15, 0.2) is 5.11 Å². The summed E-state index contributed by atoms with van der Waals surface area (Å²) in [4.78, 5) is 19.5. The van der Waals surface area contributed by atoms with Gasteiger partial charge >= 0.3 is 6.09 Å². The van der Waals surface area contributed by atoms with E-state index in [9.17, 15) is 4.79 Å². The zero-order valence-corrected chi connectivity index (χ0v) is 12.2. The van der Waals surface area contributed by atoms with Gasteiger partial charge in [-0.25, -0.2) is 9.78 Å². The molecule has 0 aliphatic carbocycles. The van der Waals surface area contributed by atoms with E-state index in [1.165, 1.54) is 11.3 Å². The molecule has 0 aromatic carbocycles. The molecule has 1 amide bonds. The molecule has 1 aromatic heterocycles. The summed E-state index contributed by atoms with van der Waals surface area (Å²) in [6.45, 7) is 7.62. The third-order valence-corrected chi connectivity index (χ3v) is 3.14. The minimum Gasteiger partial charge on any atom is -0.444 e. The molecule has 8 heteroatoms. The molecule has 0 saturated heterocycles. The Balaban J connectivity index is 2.62. The number of amides is 1. The minimum atomic E-state index is -0.541. The van der Waals surface area contributed by atoms with Crippen molar-refractivity contribution in [1.29, 1.82) is 0 Å². The van der Waals surface area contributed by atoms with Crippen LogP contribution < -0.4 is 5.32 Å². The first-order valence-electron chi connectivity index (χ1n) is 5.79. The van der Waals surface area contributed by atoms with E-state index in [-0.39, 0.29) is 0 Å². The normalized spacial score (nSPS) is 10.7. The van der Waals surface area contributed by atoms with Crippen LogP contribution in [0.3, 0.4) is 0 Å². The molecule has 0 fully saturated rings. The molecule has 104 valence electrons. The number of nitrogens with zero attached hydrogens (tertiary/aromatic N) is 4. The maximum atomic E-state index is 11.6. The average molecular weight is 283 g/mol. The van der Waals surface area contributed by atoms with Crippen molar-refractivity contribution < 1.29 is 9.53 Å². The van der Waals surface area contributed by atoms with E-state index in [0.717, 1.165) is 10.6 Å². The van der Waals surface area contributed by atoms with E-state index < -0.39 is 11.7 Å². The standard InChI is InChI=1S/C11H17N5O2S/c1-7-8(5-6-13-16-12)19-9(14-7)15-10(17)18-11(2,3)4/h5-6H2,1-4H3,(H,14,15,17). The van der Waals surface area contributed by atoms with E-state index in [1.54, 1.807) is 20.8 Å². The first-order valence-corrected chi connectivity index (χ1v) is 6.60. The molecule has 1 aromatic rings. The summed E-state index contributed by atoms with van der Waals surface area (Å²) in [6.07, 6.45) is 0.0895. The minimum absolute atomic E-state index is 0.380. The van der Waals surface area contributed by atoms with Gasteiger partial charge in [-0.3, -0.25) is 5.32 Å². The highest BCUT2D eigenvalue weighted by Crippen LogP contribution is 2.23. The van der Waals surface area contributed by atoms with Gasteiger partial charge in [0.25, 0.3) is 0 Å². The van der Waals surface area contributed by atoms with Gasteiger partial charge in [-0.05, 0) is 39.6 Å². The van der Waals surface area contributed by atoms with Crippen molar-refractivity contribution in [3.05, 3.63) is 21.0 Å². The number of nitrogens with one attached hydrogen (secondary N) is 1. The van der Waals surface area contributed by atoms with Crippen molar-refractivity contribution in [1.82, 2.24) is 4.98 Å². The Morgan fingerprint density at radius 1 is 1.58 bits per heavy atom. The van der Waals surface area contributed by atoms with Gasteiger partial charge in [0.2, 0.25) is 0 Å². The predicted octanol–water partition coefficient (Wildman–Crippen LogP) is 3.65. The van der Waals surface area contributed by atoms with Crippen LogP contribution in [0.5, 0.6) is 0 Å². The van der Waals surface area contributed by atoms with Crippen molar-refractivity contribution >= 4 is 22.6 Å². The molecule has 1 heterocycles. The monoisotopic (exact) mass is 283 g/mol. The van der Waals surface area contributed by atoms with Crippen molar-refractivity contribution in [2.45, 2.75) is 39.7 Å². The van der Waals surface area contributed by atoms with Gasteiger partial charge in [0.1, 0.15) is 5.60 Å². The number of thiazole rings is 1. The van der Waals surface area contributed by atoms with Crippen LogP contribution in [0.2, 0.25) is 0 Å². The first kappa shape index (κ1) is 15.3. The summed E-state index contributed by atoms with van der Waals surface area (Å²) in [7, 11) is 0. The fourth-order valence-corrected chi connectivity index (χ4v) is 2.24. The van der Waals surface area contributed by atoms with Gasteiger partial charge in [0.05, 0.1) is 5.69 Å². The number of carbonyl (C=O) groups excluding carboxylic acids is 1. The lowest BCUT2D eigenvalue weighted by Gasteiger charge is -2.18. The molecular formula is C11H17N5O2S. The van der Waals surface area contributed by atoms with Crippen molar-refractivity contribution in [2.24, 2.45) is 5.11 Å². The Hall–Kier alpha value is -1.79. The molecule has 0 spiro atoms. The molecule has 0 atom stereocenters. The number of aryl methyl sites for hydroxylation is 1. The van der Waals surface area contributed by atoms with Crippen molar-refractivity contribution in [3.8, 4) is 0 Å². The molecule has 19 heavy (non-hydrogen) atoms. The lowest BCUT2D eigenvalue weighted by atomic mass is 10.2. The van der Waals surface area contributed by atoms with E-state index in [1.807, 2.05) is 6.92 Å². The third kappa shape index (κ3) is 5.58. The molecule has 0 radical (unpaired) electrons. The van der Waals surface area contributed by atoms with E-state index in [4.69, 9.17) is 10.3 Å². The summed E-state index contributed by atoms with van der Waals surface area (Å²) in [5, 5.41) is 6.56. The Morgan fingerprint density at radius 2 is 2.26 bits per heavy atom. The van der Waals surface area contributed by atoms with Gasteiger partial charge in [-0.1, -0.05) is 5.11 Å². The highest BCUT2D eigenvalue weighted by molar-refractivity contribution is 7.15. The fraction of sp³-hybridized carbons (Fsp3) is 0.636. The lowest BCUT2D eigenvalue weighted by Crippen LogP contribution is -2.27. The summed E-state index contributed by atoms with van der Waals surface area (Å²) in [6, 6.07) is 0. The Morgan fingerprint density at radius 3 is 2.84 bits per heavy atom. The number of carbonyl (C=O) groups is 1. The zero-order chi connectivity index (χ0) is 14.5. The third-order valence-electron chi connectivity index (χ3n) is 2.00. The highest BCUT2D eigenvalue weighted by atomic mass is 32.1. The molecule has 0 bridgehead atoms. The Kier molecular flexibility index (Phi) is 5.14. The molecule has 0 aliphatic rings. The molecule has 1 N–H and O–H groups in total. The second-order valence-corrected chi connectivity index (χ2v) is 5.94. The largest absolute Gasteiger partial charge is 0.444 e. The quantitative estimate of drug-likeness (QED) is 0.518. The van der Waals surface area contributed by atoms with Crippen LogP contribution in [0.4, 0.5) is 9.93 Å². The SMILES string of the molecule is Cc1nc(NC(=O)OC(C)(C)C)sc1CCN=[N+]=[N-]. The second kappa shape index (κ2) is 6.40. The van der Waals surface area contributed by atoms with Crippen LogP contribution in [0.1, 0.15) is 31.3 Å². The van der Waals surface area contributed by atoms with Crippen LogP contribution >= 0.6 is 11.3 Å². The molecule has 0 saturated carbocycles. The number of aromatic nitrogens is 1. The summed E-state index contributed by atoms with van der Waals surface area (Å²) >= 11 is 1.36. The first-order chi connectivity index (χ1) is 8.81. The number of anilines is 1. The topological polar surface area (TPSA) is 100.0 Å². The van der Waals surface area contributed by atoms with E-state index in [2.05, 4.69) is 20.3 Å². The maximum absolute atomic E-state index is 11.6. The predicted molar refractivity (Wildman–Crippen MR) is 74.4 cm³/mol. The van der Waals surface area contributed by atoms with Crippen LogP contribution in [-0.4, -0.2) is 23.2 Å². The van der Waals surface area contributed by atoms with Crippen LogP contribution in [0, 0.1) is 6.92 Å². The maximum Gasteiger partial charge on any atom is 0.413 e. The lowest BCUT2D eigenvalue weighted by molar-refractivity contribution is 0.0636. The van der Waals surface area contributed by atoms with Crippen molar-refractivity contribution in [2.75, 3.05) is 11.9 Å². The highest BCUT2D eigenvalue weighted by Gasteiger charge is 2.17. The average Bonchev–Trinajstić information content (AvgIpc) is 2.56. The number of hydrogen-bond acceptors (Lipinski definition) is 5.